The van der Waals surface area contributed by atoms with Crippen LogP contribution in [0.15, 0.2) is 24.5 Å². The van der Waals surface area contributed by atoms with Gasteiger partial charge in [-0.3, -0.25) is 4.79 Å². The number of carbonyl (C=O) groups excluding carboxylic acids is 1. The summed E-state index contributed by atoms with van der Waals surface area (Å²) in [5, 5.41) is 5.16. The van der Waals surface area contributed by atoms with Gasteiger partial charge in [-0.25, -0.2) is 23.1 Å². The molecule has 1 amide bonds. The van der Waals surface area contributed by atoms with E-state index in [1.54, 1.807) is 0 Å². The second-order valence-electron chi connectivity index (χ2n) is 5.24. The fraction of sp³-hybridized carbons (Fsp3) is 0.267. The Morgan fingerprint density at radius 3 is 2.61 bits per heavy atom. The predicted molar refractivity (Wildman–Crippen MR) is 79.6 cm³/mol. The molecular formula is C15H15F3N4O. The van der Waals surface area contributed by atoms with Crippen LogP contribution in [0.1, 0.15) is 24.3 Å². The third-order valence-corrected chi connectivity index (χ3v) is 2.87. The second-order valence-corrected chi connectivity index (χ2v) is 5.24. The van der Waals surface area contributed by atoms with Gasteiger partial charge in [-0.15, -0.1) is 0 Å². The molecule has 0 unspecified atom stereocenters. The lowest BCUT2D eigenvalue weighted by atomic mass is 10.2. The maximum Gasteiger partial charge on any atom is 0.274 e. The predicted octanol–water partition coefficient (Wildman–Crippen LogP) is 3.21. The second kappa shape index (κ2) is 7.08. The molecule has 0 aliphatic rings. The summed E-state index contributed by atoms with van der Waals surface area (Å²) in [7, 11) is 0. The highest BCUT2D eigenvalue weighted by Gasteiger charge is 2.17. The first kappa shape index (κ1) is 16.7. The number of hydrogen-bond acceptors (Lipinski definition) is 4. The molecule has 122 valence electrons. The van der Waals surface area contributed by atoms with Crippen molar-refractivity contribution in [2.45, 2.75) is 13.8 Å². The molecule has 8 heteroatoms. The van der Waals surface area contributed by atoms with E-state index in [1.165, 1.54) is 12.4 Å². The number of benzene rings is 1. The van der Waals surface area contributed by atoms with E-state index in [9.17, 15) is 18.0 Å². The molecule has 0 bridgehead atoms. The van der Waals surface area contributed by atoms with Crippen LogP contribution in [0.4, 0.5) is 24.7 Å². The van der Waals surface area contributed by atoms with E-state index in [2.05, 4.69) is 20.6 Å². The smallest absolute Gasteiger partial charge is 0.274 e. The number of halogens is 3. The molecule has 0 aliphatic carbocycles. The molecule has 23 heavy (non-hydrogen) atoms. The van der Waals surface area contributed by atoms with Crippen LogP contribution in [-0.2, 0) is 0 Å². The van der Waals surface area contributed by atoms with Gasteiger partial charge in [0.2, 0.25) is 0 Å². The number of aromatic nitrogens is 2. The maximum absolute atomic E-state index is 13.6. The summed E-state index contributed by atoms with van der Waals surface area (Å²) in [6, 6.07) is 3.05. The van der Waals surface area contributed by atoms with E-state index < -0.39 is 29.0 Å². The molecule has 0 aliphatic heterocycles. The molecule has 0 fully saturated rings. The van der Waals surface area contributed by atoms with Crippen LogP contribution in [0.25, 0.3) is 0 Å². The molecule has 0 spiro atoms. The van der Waals surface area contributed by atoms with Crippen LogP contribution in [0.3, 0.4) is 0 Å². The van der Waals surface area contributed by atoms with Gasteiger partial charge in [-0.05, 0) is 18.1 Å². The summed E-state index contributed by atoms with van der Waals surface area (Å²) in [6.45, 7) is 4.66. The number of rotatable bonds is 5. The topological polar surface area (TPSA) is 66.9 Å². The summed E-state index contributed by atoms with van der Waals surface area (Å²) in [4.78, 5) is 19.8. The van der Waals surface area contributed by atoms with Crippen LogP contribution in [0, 0.1) is 23.4 Å². The Morgan fingerprint density at radius 2 is 1.91 bits per heavy atom. The Labute approximate surface area is 131 Å². The number of nitrogens with one attached hydrogen (secondary N) is 2. The van der Waals surface area contributed by atoms with E-state index in [-0.39, 0.29) is 5.69 Å². The molecule has 0 saturated heterocycles. The largest absolute Gasteiger partial charge is 0.370 e. The quantitative estimate of drug-likeness (QED) is 0.829. The van der Waals surface area contributed by atoms with E-state index in [0.717, 1.165) is 12.1 Å². The van der Waals surface area contributed by atoms with E-state index in [4.69, 9.17) is 0 Å². The molecule has 0 atom stereocenters. The lowest BCUT2D eigenvalue weighted by Gasteiger charge is -2.10. The Balaban J connectivity index is 2.15. The Bertz CT molecular complexity index is 722. The van der Waals surface area contributed by atoms with Crippen LogP contribution < -0.4 is 10.6 Å². The van der Waals surface area contributed by atoms with Crippen molar-refractivity contribution in [2.75, 3.05) is 17.2 Å². The third kappa shape index (κ3) is 4.18. The number of carbonyl (C=O) groups is 1. The van der Waals surface area contributed by atoms with Gasteiger partial charge >= 0.3 is 0 Å². The summed E-state index contributed by atoms with van der Waals surface area (Å²) in [6.07, 6.45) is 1.18. The first-order chi connectivity index (χ1) is 10.9. The molecule has 2 rings (SSSR count). The Hall–Kier alpha value is -2.64. The van der Waals surface area contributed by atoms with Crippen molar-refractivity contribution in [3.05, 3.63) is 47.7 Å². The minimum atomic E-state index is -1.65. The van der Waals surface area contributed by atoms with Gasteiger partial charge in [0.15, 0.2) is 17.5 Å². The van der Waals surface area contributed by atoms with Crippen LogP contribution in [0.2, 0.25) is 0 Å². The number of hydrogen-bond donors (Lipinski definition) is 2. The number of anilines is 2. The molecule has 0 saturated carbocycles. The molecule has 2 aromatic rings. The van der Waals surface area contributed by atoms with Gasteiger partial charge in [0, 0.05) is 12.6 Å². The van der Waals surface area contributed by atoms with Crippen molar-refractivity contribution in [1.29, 1.82) is 0 Å². The van der Waals surface area contributed by atoms with Gasteiger partial charge in [0.05, 0.1) is 5.69 Å². The van der Waals surface area contributed by atoms with Crippen molar-refractivity contribution in [3.8, 4) is 0 Å². The first-order valence-electron chi connectivity index (χ1n) is 6.89. The van der Waals surface area contributed by atoms with Crippen LogP contribution in [-0.4, -0.2) is 22.4 Å². The minimum Gasteiger partial charge on any atom is -0.370 e. The first-order valence-corrected chi connectivity index (χ1v) is 6.89. The van der Waals surface area contributed by atoms with E-state index >= 15 is 0 Å². The highest BCUT2D eigenvalue weighted by Crippen LogP contribution is 2.20. The summed E-state index contributed by atoms with van der Waals surface area (Å²) < 4.78 is 39.6. The fourth-order valence-corrected chi connectivity index (χ4v) is 1.70. The third-order valence-electron chi connectivity index (χ3n) is 2.87. The van der Waals surface area contributed by atoms with Crippen molar-refractivity contribution in [1.82, 2.24) is 9.97 Å². The Morgan fingerprint density at radius 1 is 1.17 bits per heavy atom. The zero-order valence-corrected chi connectivity index (χ0v) is 12.5. The molecule has 1 heterocycles. The van der Waals surface area contributed by atoms with Crippen LogP contribution >= 0.6 is 0 Å². The zero-order chi connectivity index (χ0) is 17.0. The molecular weight excluding hydrogens is 309 g/mol. The van der Waals surface area contributed by atoms with Gasteiger partial charge in [-0.1, -0.05) is 13.8 Å². The van der Waals surface area contributed by atoms with Crippen molar-refractivity contribution >= 4 is 17.4 Å². The maximum atomic E-state index is 13.6. The molecule has 2 N–H and O–H groups in total. The molecule has 5 nitrogen and oxygen atoms in total. The average molecular weight is 324 g/mol. The normalized spacial score (nSPS) is 10.7. The average Bonchev–Trinajstić information content (AvgIpc) is 2.53. The lowest BCUT2D eigenvalue weighted by Crippen LogP contribution is -2.17. The monoisotopic (exact) mass is 324 g/mol. The van der Waals surface area contributed by atoms with Crippen molar-refractivity contribution < 1.29 is 18.0 Å². The number of amides is 1. The van der Waals surface area contributed by atoms with E-state index in [0.29, 0.717) is 18.3 Å². The molecule has 1 aromatic carbocycles. The van der Waals surface area contributed by atoms with Gasteiger partial charge in [0.25, 0.3) is 5.91 Å². The van der Waals surface area contributed by atoms with Crippen molar-refractivity contribution in [3.63, 3.8) is 0 Å². The van der Waals surface area contributed by atoms with E-state index in [1.807, 2.05) is 13.8 Å². The highest BCUT2D eigenvalue weighted by molar-refractivity contribution is 6.03. The van der Waals surface area contributed by atoms with Crippen molar-refractivity contribution in [2.24, 2.45) is 5.92 Å². The SMILES string of the molecule is CC(C)CNc1cc(C(=O)Nc2ccc(F)c(F)c2F)ncn1. The molecule has 1 aromatic heterocycles. The number of nitrogens with zero attached hydrogens (tertiary/aromatic N) is 2. The summed E-state index contributed by atoms with van der Waals surface area (Å²) in [5.41, 5.74) is -0.500. The zero-order valence-electron chi connectivity index (χ0n) is 12.5. The van der Waals surface area contributed by atoms with Gasteiger partial charge in [-0.2, -0.15) is 0 Å². The Kier molecular flexibility index (Phi) is 5.15. The summed E-state index contributed by atoms with van der Waals surface area (Å²) >= 11 is 0. The fourth-order valence-electron chi connectivity index (χ4n) is 1.70. The lowest BCUT2D eigenvalue weighted by molar-refractivity contribution is 0.102. The van der Waals surface area contributed by atoms with Gasteiger partial charge < -0.3 is 10.6 Å². The highest BCUT2D eigenvalue weighted by atomic mass is 19.2. The summed E-state index contributed by atoms with van der Waals surface area (Å²) in [5.74, 6) is -4.40. The minimum absolute atomic E-state index is 0.0320. The standard InChI is InChI=1S/C15H15F3N4O/c1-8(2)6-19-12-5-11(20-7-21-12)15(23)22-10-4-3-9(16)13(17)14(10)18/h3-5,7-8H,6H2,1-2H3,(H,22,23)(H,19,20,21). The van der Waals surface area contributed by atoms with Crippen LogP contribution in [0.5, 0.6) is 0 Å². The molecule has 0 radical (unpaired) electrons. The van der Waals surface area contributed by atoms with Gasteiger partial charge in [0.1, 0.15) is 17.8 Å².